The fraction of sp³-hybridized carbons (Fsp3) is 0.389. The number of fused-ring (bicyclic) bond motifs is 4. The zero-order chi connectivity index (χ0) is 13.5. The standard InChI is InChI=1S/C18H19NO/c20-14-7-5-13-9-10-19-17-8-6-12-3-1-2-4-15(12)18(17)16(13)11-14/h5,7,9-12,20H,1-4,6,8H2. The number of allylic oxidation sites excluding steroid dienone is 2. The Hall–Kier alpha value is -1.83. The number of aromatic hydroxyl groups is 1. The number of benzene rings is 1. The zero-order valence-electron chi connectivity index (χ0n) is 11.6. The summed E-state index contributed by atoms with van der Waals surface area (Å²) in [4.78, 5) is 4.68. The summed E-state index contributed by atoms with van der Waals surface area (Å²) in [6.07, 6.45) is 11.5. The minimum atomic E-state index is 0.351. The van der Waals surface area contributed by atoms with Crippen molar-refractivity contribution in [1.29, 1.82) is 0 Å². The Morgan fingerprint density at radius 1 is 1.10 bits per heavy atom. The number of phenols is 1. The highest BCUT2D eigenvalue weighted by atomic mass is 16.3. The van der Waals surface area contributed by atoms with Gasteiger partial charge in [-0.2, -0.15) is 0 Å². The lowest BCUT2D eigenvalue weighted by atomic mass is 9.72. The van der Waals surface area contributed by atoms with E-state index in [1.807, 2.05) is 18.3 Å². The third-order valence-corrected chi connectivity index (χ3v) is 4.87. The van der Waals surface area contributed by atoms with Gasteiger partial charge in [-0.1, -0.05) is 18.1 Å². The van der Waals surface area contributed by atoms with E-state index in [0.717, 1.165) is 12.3 Å². The average Bonchev–Trinajstić information content (AvgIpc) is 2.66. The highest BCUT2D eigenvalue weighted by Crippen LogP contribution is 2.44. The van der Waals surface area contributed by atoms with Crippen molar-refractivity contribution < 1.29 is 5.11 Å². The predicted octanol–water partition coefficient (Wildman–Crippen LogP) is 4.56. The molecule has 2 heteroatoms. The molecule has 1 saturated carbocycles. The van der Waals surface area contributed by atoms with Crippen LogP contribution in [0.25, 0.3) is 11.6 Å². The number of rotatable bonds is 0. The second-order valence-corrected chi connectivity index (χ2v) is 6.04. The van der Waals surface area contributed by atoms with E-state index < -0.39 is 0 Å². The van der Waals surface area contributed by atoms with Gasteiger partial charge in [-0.3, -0.25) is 4.99 Å². The summed E-state index contributed by atoms with van der Waals surface area (Å²) in [5.74, 6) is 1.09. The van der Waals surface area contributed by atoms with Gasteiger partial charge in [-0.15, -0.1) is 0 Å². The first kappa shape index (κ1) is 12.0. The third-order valence-electron chi connectivity index (χ3n) is 4.87. The number of hydrogen-bond acceptors (Lipinski definition) is 2. The first-order valence-corrected chi connectivity index (χ1v) is 7.63. The van der Waals surface area contributed by atoms with Crippen molar-refractivity contribution in [2.75, 3.05) is 0 Å². The molecule has 1 unspecified atom stereocenters. The van der Waals surface area contributed by atoms with Crippen molar-refractivity contribution in [3.05, 3.63) is 41.1 Å². The summed E-state index contributed by atoms with van der Waals surface area (Å²) in [5.41, 5.74) is 6.52. The highest BCUT2D eigenvalue weighted by molar-refractivity contribution is 6.27. The molecule has 1 aromatic carbocycles. The van der Waals surface area contributed by atoms with Gasteiger partial charge in [-0.05, 0) is 67.4 Å². The summed E-state index contributed by atoms with van der Waals surface area (Å²) >= 11 is 0. The Balaban J connectivity index is 1.97. The molecule has 0 saturated heterocycles. The van der Waals surface area contributed by atoms with Crippen molar-refractivity contribution in [2.24, 2.45) is 10.9 Å². The van der Waals surface area contributed by atoms with Gasteiger partial charge in [0.1, 0.15) is 5.75 Å². The van der Waals surface area contributed by atoms with Crippen molar-refractivity contribution in [1.82, 2.24) is 0 Å². The Morgan fingerprint density at radius 3 is 3.00 bits per heavy atom. The van der Waals surface area contributed by atoms with Gasteiger partial charge >= 0.3 is 0 Å². The lowest BCUT2D eigenvalue weighted by Crippen LogP contribution is -2.21. The number of aliphatic imine (C=N–C) groups is 1. The quantitative estimate of drug-likeness (QED) is 0.733. The van der Waals surface area contributed by atoms with Gasteiger partial charge in [0.25, 0.3) is 0 Å². The molecule has 1 atom stereocenters. The van der Waals surface area contributed by atoms with E-state index in [2.05, 4.69) is 11.1 Å². The maximum absolute atomic E-state index is 9.88. The van der Waals surface area contributed by atoms with Crippen molar-refractivity contribution in [3.8, 4) is 5.75 Å². The molecule has 0 radical (unpaired) electrons. The van der Waals surface area contributed by atoms with Crippen LogP contribution in [-0.4, -0.2) is 10.8 Å². The van der Waals surface area contributed by atoms with E-state index in [4.69, 9.17) is 0 Å². The number of hydrogen-bond donors (Lipinski definition) is 1. The Morgan fingerprint density at radius 2 is 2.05 bits per heavy atom. The molecule has 0 aromatic heterocycles. The fourth-order valence-corrected chi connectivity index (χ4v) is 3.92. The topological polar surface area (TPSA) is 32.6 Å². The molecule has 2 nitrogen and oxygen atoms in total. The Bertz CT molecular complexity index is 651. The normalized spacial score (nSPS) is 24.4. The minimum absolute atomic E-state index is 0.351. The first-order valence-electron chi connectivity index (χ1n) is 7.63. The van der Waals surface area contributed by atoms with Crippen molar-refractivity contribution in [2.45, 2.75) is 38.5 Å². The van der Waals surface area contributed by atoms with E-state index in [1.54, 1.807) is 11.6 Å². The van der Waals surface area contributed by atoms with E-state index in [0.29, 0.717) is 5.75 Å². The van der Waals surface area contributed by atoms with Gasteiger partial charge in [-0.25, -0.2) is 0 Å². The lowest BCUT2D eigenvalue weighted by molar-refractivity contribution is 0.431. The SMILES string of the molecule is Oc1ccc2c(c1)C1=C3CCCCC3CCC1=NC=C2. The molecule has 2 aliphatic carbocycles. The summed E-state index contributed by atoms with van der Waals surface area (Å²) in [6.45, 7) is 0. The van der Waals surface area contributed by atoms with Crippen LogP contribution in [-0.2, 0) is 0 Å². The lowest BCUT2D eigenvalue weighted by Gasteiger charge is -2.33. The Kier molecular flexibility index (Phi) is 2.76. The number of nitrogens with zero attached hydrogens (tertiary/aromatic N) is 1. The highest BCUT2D eigenvalue weighted by Gasteiger charge is 2.30. The summed E-state index contributed by atoms with van der Waals surface area (Å²) in [6, 6.07) is 5.68. The third kappa shape index (κ3) is 1.82. The molecular weight excluding hydrogens is 246 g/mol. The van der Waals surface area contributed by atoms with Gasteiger partial charge < -0.3 is 5.11 Å². The van der Waals surface area contributed by atoms with Crippen molar-refractivity contribution in [3.63, 3.8) is 0 Å². The van der Waals surface area contributed by atoms with Crippen LogP contribution >= 0.6 is 0 Å². The van der Waals surface area contributed by atoms with E-state index in [-0.39, 0.29) is 0 Å². The minimum Gasteiger partial charge on any atom is -0.508 e. The first-order chi connectivity index (χ1) is 9.83. The molecule has 1 heterocycles. The fourth-order valence-electron chi connectivity index (χ4n) is 3.92. The van der Waals surface area contributed by atoms with Gasteiger partial charge in [0.2, 0.25) is 0 Å². The molecule has 1 fully saturated rings. The molecule has 3 aliphatic rings. The van der Waals surface area contributed by atoms with Crippen LogP contribution in [0.1, 0.15) is 49.7 Å². The van der Waals surface area contributed by atoms with Crippen LogP contribution in [0.4, 0.5) is 0 Å². The maximum Gasteiger partial charge on any atom is 0.116 e. The van der Waals surface area contributed by atoms with E-state index in [1.165, 1.54) is 54.5 Å². The average molecular weight is 265 g/mol. The summed E-state index contributed by atoms with van der Waals surface area (Å²) in [7, 11) is 0. The zero-order valence-corrected chi connectivity index (χ0v) is 11.6. The molecule has 0 amide bonds. The largest absolute Gasteiger partial charge is 0.508 e. The second kappa shape index (κ2) is 4.62. The summed E-state index contributed by atoms with van der Waals surface area (Å²) < 4.78 is 0. The molecule has 20 heavy (non-hydrogen) atoms. The van der Waals surface area contributed by atoms with Crippen LogP contribution < -0.4 is 0 Å². The molecule has 1 N–H and O–H groups in total. The van der Waals surface area contributed by atoms with Crippen LogP contribution in [0.15, 0.2) is 35.0 Å². The molecule has 102 valence electrons. The van der Waals surface area contributed by atoms with Crippen molar-refractivity contribution >= 4 is 17.4 Å². The van der Waals surface area contributed by atoms with Gasteiger partial charge in [0.05, 0.1) is 0 Å². The summed E-state index contributed by atoms with van der Waals surface area (Å²) in [5, 5.41) is 9.88. The monoisotopic (exact) mass is 265 g/mol. The van der Waals surface area contributed by atoms with Crippen LogP contribution in [0.3, 0.4) is 0 Å². The van der Waals surface area contributed by atoms with E-state index >= 15 is 0 Å². The molecular formula is C18H19NO. The second-order valence-electron chi connectivity index (χ2n) is 6.04. The van der Waals surface area contributed by atoms with E-state index in [9.17, 15) is 5.11 Å². The molecule has 4 rings (SSSR count). The molecule has 0 spiro atoms. The Labute approximate surface area is 119 Å². The predicted molar refractivity (Wildman–Crippen MR) is 82.7 cm³/mol. The maximum atomic E-state index is 9.88. The molecule has 0 bridgehead atoms. The van der Waals surface area contributed by atoms with Crippen LogP contribution in [0.5, 0.6) is 5.75 Å². The van der Waals surface area contributed by atoms with Gasteiger partial charge in [0, 0.05) is 17.5 Å². The van der Waals surface area contributed by atoms with Gasteiger partial charge in [0.15, 0.2) is 0 Å². The smallest absolute Gasteiger partial charge is 0.116 e. The number of phenolic OH excluding ortho intramolecular Hbond substituents is 1. The van der Waals surface area contributed by atoms with Crippen LogP contribution in [0, 0.1) is 5.92 Å². The molecule has 1 aromatic rings. The van der Waals surface area contributed by atoms with Crippen LogP contribution in [0.2, 0.25) is 0 Å². The molecule has 1 aliphatic heterocycles.